The first-order valence-electron chi connectivity index (χ1n) is 19.3. The molecular weight excluding hydrogens is 600 g/mol. The van der Waals surface area contributed by atoms with Crippen LogP contribution in [0.4, 0.5) is 0 Å². The van der Waals surface area contributed by atoms with Crippen LogP contribution in [-0.4, -0.2) is 89.6 Å². The standard InChI is InChI=1S/C38H72O9/c1-3-5-7-9-11-13-14-15-16-17-18-19-20-22-24-26-28-44-30-32(46-34(40)27-25-23-21-12-10-8-6-4-2)31-45-38-37(43)36(42)35(41)33(29-39)47-38/h15-16,32-33,35-39,41-43H,3-14,17-31H2,1-2H3/b16-15-. The average molecular weight is 673 g/mol. The zero-order chi connectivity index (χ0) is 34.4. The van der Waals surface area contributed by atoms with E-state index < -0.39 is 43.4 Å². The van der Waals surface area contributed by atoms with Crippen molar-refractivity contribution in [3.05, 3.63) is 12.2 Å². The summed E-state index contributed by atoms with van der Waals surface area (Å²) < 4.78 is 22.6. The van der Waals surface area contributed by atoms with Crippen LogP contribution in [0.25, 0.3) is 0 Å². The second-order valence-corrected chi connectivity index (χ2v) is 13.4. The zero-order valence-electron chi connectivity index (χ0n) is 30.0. The van der Waals surface area contributed by atoms with Gasteiger partial charge in [0.15, 0.2) is 6.29 Å². The molecule has 0 radical (unpaired) electrons. The van der Waals surface area contributed by atoms with E-state index in [0.29, 0.717) is 13.0 Å². The molecule has 1 rings (SSSR count). The Hall–Kier alpha value is -1.07. The van der Waals surface area contributed by atoms with Crippen LogP contribution >= 0.6 is 0 Å². The fourth-order valence-corrected chi connectivity index (χ4v) is 5.84. The maximum absolute atomic E-state index is 12.6. The molecule has 9 heteroatoms. The Kier molecular flexibility index (Phi) is 28.9. The van der Waals surface area contributed by atoms with Gasteiger partial charge in [0.1, 0.15) is 30.5 Å². The van der Waals surface area contributed by atoms with Gasteiger partial charge in [0.2, 0.25) is 0 Å². The van der Waals surface area contributed by atoms with Crippen molar-refractivity contribution in [2.24, 2.45) is 0 Å². The summed E-state index contributed by atoms with van der Waals surface area (Å²) in [7, 11) is 0. The van der Waals surface area contributed by atoms with Gasteiger partial charge < -0.3 is 39.4 Å². The first-order chi connectivity index (χ1) is 22.9. The predicted octanol–water partition coefficient (Wildman–Crippen LogP) is 7.30. The lowest BCUT2D eigenvalue weighted by Gasteiger charge is -2.39. The SMILES string of the molecule is CCCCCCCC/C=C\CCCCCCCCOCC(COC1OC(CO)C(O)C(O)C1O)OC(=O)CCCCCCCCCC. The Morgan fingerprint density at radius 2 is 1.17 bits per heavy atom. The van der Waals surface area contributed by atoms with Crippen molar-refractivity contribution >= 4 is 5.97 Å². The number of aliphatic hydroxyl groups is 4. The molecule has 9 nitrogen and oxygen atoms in total. The highest BCUT2D eigenvalue weighted by Gasteiger charge is 2.44. The molecule has 1 saturated heterocycles. The van der Waals surface area contributed by atoms with Crippen LogP contribution in [0.5, 0.6) is 0 Å². The lowest BCUT2D eigenvalue weighted by molar-refractivity contribution is -0.305. The van der Waals surface area contributed by atoms with Crippen LogP contribution in [0.1, 0.15) is 162 Å². The van der Waals surface area contributed by atoms with Crippen LogP contribution < -0.4 is 0 Å². The van der Waals surface area contributed by atoms with Crippen LogP contribution in [0.2, 0.25) is 0 Å². The fraction of sp³-hybridized carbons (Fsp3) is 0.921. The number of carbonyl (C=O) groups excluding carboxylic acids is 1. The minimum atomic E-state index is -1.53. The van der Waals surface area contributed by atoms with Gasteiger partial charge in [-0.1, -0.05) is 129 Å². The molecule has 1 heterocycles. The van der Waals surface area contributed by atoms with Crippen LogP contribution in [0, 0.1) is 0 Å². The van der Waals surface area contributed by atoms with Crippen LogP contribution in [0.3, 0.4) is 0 Å². The van der Waals surface area contributed by atoms with Crippen LogP contribution in [-0.2, 0) is 23.7 Å². The van der Waals surface area contributed by atoms with E-state index in [4.69, 9.17) is 18.9 Å². The smallest absolute Gasteiger partial charge is 0.306 e. The highest BCUT2D eigenvalue weighted by Crippen LogP contribution is 2.22. The second kappa shape index (κ2) is 30.9. The summed E-state index contributed by atoms with van der Waals surface area (Å²) in [4.78, 5) is 12.6. The van der Waals surface area contributed by atoms with Gasteiger partial charge in [-0.05, 0) is 38.5 Å². The van der Waals surface area contributed by atoms with E-state index in [2.05, 4.69) is 26.0 Å². The van der Waals surface area contributed by atoms with Crippen molar-refractivity contribution in [1.29, 1.82) is 0 Å². The summed E-state index contributed by atoms with van der Waals surface area (Å²) in [5.74, 6) is -0.320. The molecule has 4 N–H and O–H groups in total. The van der Waals surface area contributed by atoms with Gasteiger partial charge in [-0.2, -0.15) is 0 Å². The Morgan fingerprint density at radius 1 is 0.660 bits per heavy atom. The summed E-state index contributed by atoms with van der Waals surface area (Å²) in [6.45, 7) is 4.51. The number of unbranched alkanes of at least 4 members (excludes halogenated alkanes) is 19. The monoisotopic (exact) mass is 673 g/mol. The van der Waals surface area contributed by atoms with Gasteiger partial charge in [-0.15, -0.1) is 0 Å². The van der Waals surface area contributed by atoms with E-state index >= 15 is 0 Å². The Balaban J connectivity index is 2.29. The Morgan fingerprint density at radius 3 is 1.72 bits per heavy atom. The average Bonchev–Trinajstić information content (AvgIpc) is 3.07. The molecule has 0 bridgehead atoms. The van der Waals surface area contributed by atoms with E-state index in [1.807, 2.05) is 0 Å². The molecule has 0 aromatic heterocycles. The van der Waals surface area contributed by atoms with Crippen LogP contribution in [0.15, 0.2) is 12.2 Å². The van der Waals surface area contributed by atoms with E-state index in [1.54, 1.807) is 0 Å². The second-order valence-electron chi connectivity index (χ2n) is 13.4. The summed E-state index contributed by atoms with van der Waals surface area (Å²) in [6.07, 6.45) is 23.9. The molecule has 1 aliphatic rings. The zero-order valence-corrected chi connectivity index (χ0v) is 30.0. The highest BCUT2D eigenvalue weighted by molar-refractivity contribution is 5.69. The molecule has 1 aliphatic heterocycles. The molecule has 6 unspecified atom stereocenters. The summed E-state index contributed by atoms with van der Waals surface area (Å²) in [5, 5.41) is 39.8. The van der Waals surface area contributed by atoms with E-state index in [1.165, 1.54) is 109 Å². The van der Waals surface area contributed by atoms with Crippen molar-refractivity contribution in [2.75, 3.05) is 26.4 Å². The van der Waals surface area contributed by atoms with E-state index in [9.17, 15) is 25.2 Å². The molecule has 47 heavy (non-hydrogen) atoms. The van der Waals surface area contributed by atoms with Gasteiger partial charge in [-0.3, -0.25) is 4.79 Å². The lowest BCUT2D eigenvalue weighted by Crippen LogP contribution is -2.59. The Labute approximate surface area is 286 Å². The van der Waals surface area contributed by atoms with E-state index in [0.717, 1.165) is 32.1 Å². The van der Waals surface area contributed by atoms with Gasteiger partial charge in [0, 0.05) is 13.0 Å². The summed E-state index contributed by atoms with van der Waals surface area (Å²) in [5.41, 5.74) is 0. The lowest BCUT2D eigenvalue weighted by atomic mass is 9.99. The molecule has 0 spiro atoms. The number of carbonyl (C=O) groups is 1. The molecule has 0 aromatic rings. The normalized spacial score (nSPS) is 22.2. The number of ether oxygens (including phenoxy) is 4. The van der Waals surface area contributed by atoms with Gasteiger partial charge in [0.05, 0.1) is 19.8 Å². The fourth-order valence-electron chi connectivity index (χ4n) is 5.84. The largest absolute Gasteiger partial charge is 0.457 e. The van der Waals surface area contributed by atoms with Crippen molar-refractivity contribution in [1.82, 2.24) is 0 Å². The number of allylic oxidation sites excluding steroid dienone is 2. The highest BCUT2D eigenvalue weighted by atomic mass is 16.7. The first kappa shape index (κ1) is 44.0. The minimum Gasteiger partial charge on any atom is -0.457 e. The third kappa shape index (κ3) is 23.1. The molecule has 278 valence electrons. The molecule has 0 aliphatic carbocycles. The summed E-state index contributed by atoms with van der Waals surface area (Å²) in [6, 6.07) is 0. The van der Waals surface area contributed by atoms with Crippen molar-refractivity contribution in [2.45, 2.75) is 198 Å². The molecule has 6 atom stereocenters. The minimum absolute atomic E-state index is 0.112. The van der Waals surface area contributed by atoms with Crippen molar-refractivity contribution in [3.63, 3.8) is 0 Å². The Bertz CT molecular complexity index is 732. The third-order valence-corrected chi connectivity index (χ3v) is 8.93. The number of rotatable bonds is 32. The van der Waals surface area contributed by atoms with Crippen molar-refractivity contribution < 1.29 is 44.2 Å². The molecule has 1 fully saturated rings. The number of hydrogen-bond donors (Lipinski definition) is 4. The molecule has 0 amide bonds. The first-order valence-corrected chi connectivity index (χ1v) is 19.3. The number of hydrogen-bond acceptors (Lipinski definition) is 9. The predicted molar refractivity (Wildman–Crippen MR) is 187 cm³/mol. The molecule has 0 saturated carbocycles. The number of aliphatic hydroxyl groups excluding tert-OH is 4. The molecular formula is C38H72O9. The molecule has 0 aromatic carbocycles. The van der Waals surface area contributed by atoms with Gasteiger partial charge in [0.25, 0.3) is 0 Å². The van der Waals surface area contributed by atoms with Crippen molar-refractivity contribution in [3.8, 4) is 0 Å². The van der Waals surface area contributed by atoms with Gasteiger partial charge in [-0.25, -0.2) is 0 Å². The third-order valence-electron chi connectivity index (χ3n) is 8.93. The van der Waals surface area contributed by atoms with E-state index in [-0.39, 0.29) is 19.2 Å². The maximum Gasteiger partial charge on any atom is 0.306 e. The number of esters is 1. The summed E-state index contributed by atoms with van der Waals surface area (Å²) >= 11 is 0. The topological polar surface area (TPSA) is 135 Å². The maximum atomic E-state index is 12.6. The van der Waals surface area contributed by atoms with Gasteiger partial charge >= 0.3 is 5.97 Å². The quantitative estimate of drug-likeness (QED) is 0.0330.